The van der Waals surface area contributed by atoms with E-state index in [0.29, 0.717) is 17.1 Å². The Morgan fingerprint density at radius 3 is 2.32 bits per heavy atom. The summed E-state index contributed by atoms with van der Waals surface area (Å²) in [6.07, 6.45) is 0.727. The molecular formula is C22H23ClN2O3. The first-order chi connectivity index (χ1) is 13.4. The molecule has 1 N–H and O–H groups in total. The van der Waals surface area contributed by atoms with Gasteiger partial charge in [-0.05, 0) is 56.9 Å². The SMILES string of the molecule is CN(C)CCCN1C(=O)C(=O)C(=C(O)c2ccc(Cl)cc2)[C@@H]1c1ccccc1. The van der Waals surface area contributed by atoms with Crippen molar-refractivity contribution in [2.45, 2.75) is 12.5 Å². The number of Topliss-reactive ketones (excluding diaryl/α,β-unsaturated/α-hetero) is 1. The molecule has 1 fully saturated rings. The van der Waals surface area contributed by atoms with Crippen molar-refractivity contribution in [1.82, 2.24) is 9.80 Å². The predicted molar refractivity (Wildman–Crippen MR) is 110 cm³/mol. The molecule has 2 aromatic carbocycles. The van der Waals surface area contributed by atoms with Crippen LogP contribution in [0.1, 0.15) is 23.6 Å². The van der Waals surface area contributed by atoms with Crippen LogP contribution < -0.4 is 0 Å². The van der Waals surface area contributed by atoms with Gasteiger partial charge >= 0.3 is 0 Å². The Morgan fingerprint density at radius 1 is 1.07 bits per heavy atom. The van der Waals surface area contributed by atoms with Crippen LogP contribution in [0.25, 0.3) is 5.76 Å². The lowest BCUT2D eigenvalue weighted by atomic mass is 9.95. The van der Waals surface area contributed by atoms with Crippen molar-refractivity contribution < 1.29 is 14.7 Å². The highest BCUT2D eigenvalue weighted by molar-refractivity contribution is 6.46. The van der Waals surface area contributed by atoms with Crippen molar-refractivity contribution in [3.05, 3.63) is 76.3 Å². The van der Waals surface area contributed by atoms with Gasteiger partial charge in [-0.2, -0.15) is 0 Å². The molecule has 0 radical (unpaired) electrons. The summed E-state index contributed by atoms with van der Waals surface area (Å²) in [5, 5.41) is 11.4. The number of aliphatic hydroxyl groups is 1. The van der Waals surface area contributed by atoms with Gasteiger partial charge in [0.05, 0.1) is 11.6 Å². The van der Waals surface area contributed by atoms with Crippen LogP contribution in [0.3, 0.4) is 0 Å². The molecule has 0 aliphatic carbocycles. The van der Waals surface area contributed by atoms with E-state index in [9.17, 15) is 14.7 Å². The summed E-state index contributed by atoms with van der Waals surface area (Å²) >= 11 is 5.93. The Kier molecular flexibility index (Phi) is 6.17. The smallest absolute Gasteiger partial charge is 0.295 e. The maximum absolute atomic E-state index is 12.8. The Hall–Kier alpha value is -2.63. The molecule has 1 amide bonds. The van der Waals surface area contributed by atoms with Gasteiger partial charge in [0.25, 0.3) is 11.7 Å². The van der Waals surface area contributed by atoms with E-state index in [-0.39, 0.29) is 11.3 Å². The molecule has 5 nitrogen and oxygen atoms in total. The Morgan fingerprint density at radius 2 is 1.71 bits per heavy atom. The summed E-state index contributed by atoms with van der Waals surface area (Å²) in [4.78, 5) is 29.2. The average molecular weight is 399 g/mol. The molecule has 1 heterocycles. The molecule has 2 aromatic rings. The summed E-state index contributed by atoms with van der Waals surface area (Å²) in [7, 11) is 3.92. The highest BCUT2D eigenvalue weighted by Gasteiger charge is 2.45. The van der Waals surface area contributed by atoms with E-state index < -0.39 is 17.7 Å². The molecule has 0 spiro atoms. The number of amides is 1. The minimum Gasteiger partial charge on any atom is -0.507 e. The largest absolute Gasteiger partial charge is 0.507 e. The average Bonchev–Trinajstić information content (AvgIpc) is 2.93. The number of halogens is 1. The van der Waals surface area contributed by atoms with Crippen molar-refractivity contribution >= 4 is 29.1 Å². The van der Waals surface area contributed by atoms with Crippen molar-refractivity contribution in [2.24, 2.45) is 0 Å². The van der Waals surface area contributed by atoms with Gasteiger partial charge in [0.2, 0.25) is 0 Å². The molecule has 0 bridgehead atoms. The first kappa shape index (κ1) is 20.1. The summed E-state index contributed by atoms with van der Waals surface area (Å²) in [6, 6.07) is 15.3. The number of likely N-dealkylation sites (tertiary alicyclic amines) is 1. The van der Waals surface area contributed by atoms with Crippen molar-refractivity contribution in [3.8, 4) is 0 Å². The van der Waals surface area contributed by atoms with Gasteiger partial charge in [-0.3, -0.25) is 9.59 Å². The lowest BCUT2D eigenvalue weighted by Gasteiger charge is -2.26. The maximum atomic E-state index is 12.8. The second kappa shape index (κ2) is 8.59. The zero-order valence-corrected chi connectivity index (χ0v) is 16.7. The van der Waals surface area contributed by atoms with Gasteiger partial charge < -0.3 is 14.9 Å². The summed E-state index contributed by atoms with van der Waals surface area (Å²) in [6.45, 7) is 1.22. The van der Waals surface area contributed by atoms with Crippen LogP contribution in [-0.2, 0) is 9.59 Å². The Bertz CT molecular complexity index is 892. The third-order valence-electron chi connectivity index (χ3n) is 4.78. The fraction of sp³-hybridized carbons (Fsp3) is 0.273. The summed E-state index contributed by atoms with van der Waals surface area (Å²) in [5.74, 6) is -1.42. The minimum absolute atomic E-state index is 0.114. The fourth-order valence-electron chi connectivity index (χ4n) is 3.41. The fourth-order valence-corrected chi connectivity index (χ4v) is 3.54. The minimum atomic E-state index is -0.661. The van der Waals surface area contributed by atoms with Gasteiger partial charge in [-0.1, -0.05) is 41.9 Å². The molecule has 146 valence electrons. The lowest BCUT2D eigenvalue weighted by Crippen LogP contribution is -2.32. The van der Waals surface area contributed by atoms with E-state index in [4.69, 9.17) is 11.6 Å². The summed E-state index contributed by atoms with van der Waals surface area (Å²) in [5.41, 5.74) is 1.36. The van der Waals surface area contributed by atoms with Crippen LogP contribution in [0, 0.1) is 0 Å². The molecule has 0 aromatic heterocycles. The van der Waals surface area contributed by atoms with Gasteiger partial charge in [-0.25, -0.2) is 0 Å². The van der Waals surface area contributed by atoms with Crippen molar-refractivity contribution in [3.63, 3.8) is 0 Å². The van der Waals surface area contributed by atoms with Crippen molar-refractivity contribution in [1.29, 1.82) is 0 Å². The van der Waals surface area contributed by atoms with Gasteiger partial charge in [0, 0.05) is 17.1 Å². The van der Waals surface area contributed by atoms with Crippen LogP contribution in [0.15, 0.2) is 60.2 Å². The first-order valence-electron chi connectivity index (χ1n) is 9.14. The topological polar surface area (TPSA) is 60.9 Å². The number of carbonyl (C=O) groups is 2. The van der Waals surface area contributed by atoms with E-state index >= 15 is 0 Å². The van der Waals surface area contributed by atoms with Crippen LogP contribution in [0.5, 0.6) is 0 Å². The van der Waals surface area contributed by atoms with Crippen LogP contribution in [0.2, 0.25) is 5.02 Å². The molecule has 1 aliphatic heterocycles. The molecule has 6 heteroatoms. The second-order valence-electron chi connectivity index (χ2n) is 7.07. The van der Waals surface area contributed by atoms with E-state index in [1.807, 2.05) is 49.3 Å². The van der Waals surface area contributed by atoms with E-state index in [0.717, 1.165) is 18.5 Å². The van der Waals surface area contributed by atoms with Crippen LogP contribution in [0.4, 0.5) is 0 Å². The zero-order valence-electron chi connectivity index (χ0n) is 15.9. The summed E-state index contributed by atoms with van der Waals surface area (Å²) < 4.78 is 0. The van der Waals surface area contributed by atoms with Crippen molar-refractivity contribution in [2.75, 3.05) is 27.2 Å². The normalized spacial score (nSPS) is 18.9. The number of hydrogen-bond donors (Lipinski definition) is 1. The molecule has 1 atom stereocenters. The number of rotatable bonds is 6. The van der Waals surface area contributed by atoms with Gasteiger partial charge in [0.15, 0.2) is 0 Å². The molecule has 3 rings (SSSR count). The lowest BCUT2D eigenvalue weighted by molar-refractivity contribution is -0.139. The maximum Gasteiger partial charge on any atom is 0.295 e. The first-order valence-corrected chi connectivity index (χ1v) is 9.52. The highest BCUT2D eigenvalue weighted by Crippen LogP contribution is 2.39. The number of hydrogen-bond acceptors (Lipinski definition) is 4. The number of ketones is 1. The molecular weight excluding hydrogens is 376 g/mol. The van der Waals surface area contributed by atoms with Gasteiger partial charge in [-0.15, -0.1) is 0 Å². The van der Waals surface area contributed by atoms with Gasteiger partial charge in [0.1, 0.15) is 5.76 Å². The van der Waals surface area contributed by atoms with E-state index in [1.54, 1.807) is 29.2 Å². The van der Waals surface area contributed by atoms with E-state index in [1.165, 1.54) is 0 Å². The molecule has 0 unspecified atom stereocenters. The quantitative estimate of drug-likeness (QED) is 0.457. The Labute approximate surface area is 169 Å². The number of carbonyl (C=O) groups excluding carboxylic acids is 2. The van der Waals surface area contributed by atoms with Crippen LogP contribution in [-0.4, -0.2) is 53.8 Å². The van der Waals surface area contributed by atoms with Crippen LogP contribution >= 0.6 is 11.6 Å². The number of nitrogens with zero attached hydrogens (tertiary/aromatic N) is 2. The van der Waals surface area contributed by atoms with E-state index in [2.05, 4.69) is 0 Å². The molecule has 28 heavy (non-hydrogen) atoms. The molecule has 0 saturated carbocycles. The highest BCUT2D eigenvalue weighted by atomic mass is 35.5. The number of benzene rings is 2. The molecule has 1 saturated heterocycles. The monoisotopic (exact) mass is 398 g/mol. The zero-order chi connectivity index (χ0) is 20.3. The Balaban J connectivity index is 2.06. The number of aliphatic hydroxyl groups excluding tert-OH is 1. The second-order valence-corrected chi connectivity index (χ2v) is 7.50. The third-order valence-corrected chi connectivity index (χ3v) is 5.03. The molecule has 1 aliphatic rings. The predicted octanol–water partition coefficient (Wildman–Crippen LogP) is 3.71. The standard InChI is InChI=1S/C22H23ClN2O3/c1-24(2)13-6-14-25-19(15-7-4-3-5-8-15)18(21(27)22(25)28)20(26)16-9-11-17(23)12-10-16/h3-5,7-12,19,26H,6,13-14H2,1-2H3/t19-/m0/s1. The third kappa shape index (κ3) is 4.11.